The van der Waals surface area contributed by atoms with Gasteiger partial charge in [0.2, 0.25) is 5.95 Å². The number of hydrogen-bond donors (Lipinski definition) is 2. The third kappa shape index (κ3) is 3.96. The number of methoxy groups -OCH3 is 1. The molecular formula is C26H28FN7O2. The van der Waals surface area contributed by atoms with Crippen molar-refractivity contribution in [3.05, 3.63) is 59.7 Å². The summed E-state index contributed by atoms with van der Waals surface area (Å²) in [4.78, 5) is 20.4. The van der Waals surface area contributed by atoms with Gasteiger partial charge in [-0.3, -0.25) is 9.89 Å². The molecule has 3 aromatic heterocycles. The summed E-state index contributed by atoms with van der Waals surface area (Å²) in [6, 6.07) is 10.5. The molecule has 9 nitrogen and oxygen atoms in total. The SMILES string of the molecule is COc1ccc(CC(=O)[C@]2(C)CCCN2c2nc(Nc3cc(C4CC4)[nH]n3)c3cccn3n2)cc1F. The highest BCUT2D eigenvalue weighted by atomic mass is 19.1. The summed E-state index contributed by atoms with van der Waals surface area (Å²) in [5.41, 5.74) is 1.75. The Morgan fingerprint density at radius 3 is 2.94 bits per heavy atom. The quantitative estimate of drug-likeness (QED) is 0.379. The number of aromatic nitrogens is 5. The van der Waals surface area contributed by atoms with E-state index in [0.29, 0.717) is 42.0 Å². The minimum absolute atomic E-state index is 0.00310. The van der Waals surface area contributed by atoms with Crippen LogP contribution >= 0.6 is 0 Å². The van der Waals surface area contributed by atoms with Gasteiger partial charge < -0.3 is 15.0 Å². The Bertz CT molecular complexity index is 1440. The zero-order valence-electron chi connectivity index (χ0n) is 20.3. The van der Waals surface area contributed by atoms with Crippen LogP contribution in [0.15, 0.2) is 42.6 Å². The average molecular weight is 490 g/mol. The highest BCUT2D eigenvalue weighted by molar-refractivity contribution is 5.93. The molecule has 36 heavy (non-hydrogen) atoms. The molecule has 0 bridgehead atoms. The molecule has 1 aliphatic heterocycles. The van der Waals surface area contributed by atoms with Gasteiger partial charge in [0.15, 0.2) is 29.0 Å². The Balaban J connectivity index is 1.29. The van der Waals surface area contributed by atoms with Gasteiger partial charge in [-0.25, -0.2) is 8.91 Å². The molecule has 2 N–H and O–H groups in total. The fourth-order valence-electron chi connectivity index (χ4n) is 5.02. The number of halogens is 1. The van der Waals surface area contributed by atoms with Crippen LogP contribution in [0.3, 0.4) is 0 Å². The minimum Gasteiger partial charge on any atom is -0.494 e. The molecule has 6 rings (SSSR count). The Kier molecular flexibility index (Phi) is 5.39. The van der Waals surface area contributed by atoms with Crippen LogP contribution in [0.25, 0.3) is 5.52 Å². The first-order valence-corrected chi connectivity index (χ1v) is 12.3. The van der Waals surface area contributed by atoms with Crippen LogP contribution in [0.5, 0.6) is 5.75 Å². The van der Waals surface area contributed by atoms with Crippen LogP contribution in [0.4, 0.5) is 22.0 Å². The summed E-state index contributed by atoms with van der Waals surface area (Å²) in [6.07, 6.45) is 5.85. The number of benzene rings is 1. The Hall–Kier alpha value is -3.95. The van der Waals surface area contributed by atoms with E-state index in [-0.39, 0.29) is 18.0 Å². The maximum absolute atomic E-state index is 14.2. The van der Waals surface area contributed by atoms with Crippen molar-refractivity contribution in [2.24, 2.45) is 0 Å². The van der Waals surface area contributed by atoms with Gasteiger partial charge in [-0.1, -0.05) is 6.07 Å². The van der Waals surface area contributed by atoms with Gasteiger partial charge in [-0.2, -0.15) is 10.1 Å². The number of fused-ring (bicyclic) bond motifs is 1. The van der Waals surface area contributed by atoms with Gasteiger partial charge in [0, 0.05) is 36.8 Å². The fourth-order valence-corrected chi connectivity index (χ4v) is 5.02. The molecule has 0 radical (unpaired) electrons. The lowest BCUT2D eigenvalue weighted by molar-refractivity contribution is -0.122. The lowest BCUT2D eigenvalue weighted by Crippen LogP contribution is -2.49. The van der Waals surface area contributed by atoms with E-state index in [9.17, 15) is 9.18 Å². The molecule has 0 amide bonds. The Morgan fingerprint density at radius 2 is 2.17 bits per heavy atom. The number of nitrogens with zero attached hydrogens (tertiary/aromatic N) is 5. The number of anilines is 3. The second-order valence-corrected chi connectivity index (χ2v) is 9.80. The molecule has 0 spiro atoms. The summed E-state index contributed by atoms with van der Waals surface area (Å²) in [5.74, 6) is 2.04. The van der Waals surface area contributed by atoms with Gasteiger partial charge >= 0.3 is 0 Å². The van der Waals surface area contributed by atoms with Crippen molar-refractivity contribution in [2.45, 2.75) is 50.5 Å². The number of nitrogens with one attached hydrogen (secondary N) is 2. The van der Waals surface area contributed by atoms with E-state index >= 15 is 0 Å². The largest absolute Gasteiger partial charge is 0.494 e. The van der Waals surface area contributed by atoms with Gasteiger partial charge in [0.05, 0.1) is 12.6 Å². The maximum Gasteiger partial charge on any atom is 0.246 e. The summed E-state index contributed by atoms with van der Waals surface area (Å²) < 4.78 is 21.0. The smallest absolute Gasteiger partial charge is 0.246 e. The first-order chi connectivity index (χ1) is 17.4. The molecule has 1 aromatic carbocycles. The van der Waals surface area contributed by atoms with Crippen LogP contribution in [0.2, 0.25) is 0 Å². The Morgan fingerprint density at radius 1 is 1.31 bits per heavy atom. The zero-order chi connectivity index (χ0) is 24.9. The van der Waals surface area contributed by atoms with Crippen molar-refractivity contribution >= 4 is 28.9 Å². The standard InChI is InChI=1S/C26H28FN7O2/c1-26(22(35)14-16-6-9-21(36-2)18(27)13-16)10-4-11-33(26)25-29-24(20-5-3-12-34(20)32-25)28-23-15-19(30-31-23)17-7-8-17/h3,5-6,9,12-13,15,17H,4,7-8,10-11,14H2,1-2H3,(H2,28,29,30,31,32)/t26-/m0/s1. The van der Waals surface area contributed by atoms with Crippen molar-refractivity contribution in [3.63, 3.8) is 0 Å². The summed E-state index contributed by atoms with van der Waals surface area (Å²) in [6.45, 7) is 2.58. The van der Waals surface area contributed by atoms with Crippen molar-refractivity contribution in [2.75, 3.05) is 23.9 Å². The van der Waals surface area contributed by atoms with E-state index in [4.69, 9.17) is 14.8 Å². The molecule has 4 aromatic rings. The monoisotopic (exact) mass is 489 g/mol. The third-order valence-corrected chi connectivity index (χ3v) is 7.31. The highest BCUT2D eigenvalue weighted by Crippen LogP contribution is 2.40. The average Bonchev–Trinajstić information content (AvgIpc) is 3.23. The number of aromatic amines is 1. The number of H-pyrrole nitrogens is 1. The topological polar surface area (TPSA) is 100 Å². The second-order valence-electron chi connectivity index (χ2n) is 9.80. The van der Waals surface area contributed by atoms with E-state index in [0.717, 1.165) is 17.6 Å². The summed E-state index contributed by atoms with van der Waals surface area (Å²) >= 11 is 0. The molecule has 1 aliphatic carbocycles. The summed E-state index contributed by atoms with van der Waals surface area (Å²) in [7, 11) is 1.42. The number of Topliss-reactive ketones (excluding diaryl/α,β-unsaturated/α-hetero) is 1. The molecule has 1 atom stereocenters. The van der Waals surface area contributed by atoms with Crippen LogP contribution in [0.1, 0.15) is 49.8 Å². The van der Waals surface area contributed by atoms with Crippen LogP contribution in [0, 0.1) is 5.82 Å². The molecule has 4 heterocycles. The minimum atomic E-state index is -0.806. The van der Waals surface area contributed by atoms with Crippen LogP contribution < -0.4 is 15.0 Å². The number of ether oxygens (including phenoxy) is 1. The molecule has 1 saturated heterocycles. The van der Waals surface area contributed by atoms with Crippen molar-refractivity contribution in [3.8, 4) is 5.75 Å². The fraction of sp³-hybridized carbons (Fsp3) is 0.385. The number of carbonyl (C=O) groups excluding carboxylic acids is 1. The number of rotatable bonds is 8. The molecule has 10 heteroatoms. The Labute approximate surface area is 207 Å². The predicted octanol–water partition coefficient (Wildman–Crippen LogP) is 4.39. The van der Waals surface area contributed by atoms with Crippen molar-refractivity contribution in [1.29, 1.82) is 0 Å². The van der Waals surface area contributed by atoms with Crippen molar-refractivity contribution < 1.29 is 13.9 Å². The van der Waals surface area contributed by atoms with E-state index in [2.05, 4.69) is 15.5 Å². The molecule has 2 fully saturated rings. The van der Waals surface area contributed by atoms with Gasteiger partial charge in [0.25, 0.3) is 0 Å². The molecule has 186 valence electrons. The number of hydrogen-bond acceptors (Lipinski definition) is 7. The van der Waals surface area contributed by atoms with E-state index in [1.54, 1.807) is 16.6 Å². The van der Waals surface area contributed by atoms with E-state index in [1.165, 1.54) is 26.0 Å². The summed E-state index contributed by atoms with van der Waals surface area (Å²) in [5, 5.41) is 15.6. The van der Waals surface area contributed by atoms with Gasteiger partial charge in [-0.15, -0.1) is 5.10 Å². The van der Waals surface area contributed by atoms with Crippen molar-refractivity contribution in [1.82, 2.24) is 24.8 Å². The first kappa shape index (κ1) is 22.5. The van der Waals surface area contributed by atoms with E-state index < -0.39 is 11.4 Å². The zero-order valence-corrected chi connectivity index (χ0v) is 20.3. The number of carbonyl (C=O) groups is 1. The lowest BCUT2D eigenvalue weighted by Gasteiger charge is -2.34. The third-order valence-electron chi connectivity index (χ3n) is 7.31. The molecule has 2 aliphatic rings. The van der Waals surface area contributed by atoms with Crippen LogP contribution in [-0.2, 0) is 11.2 Å². The van der Waals surface area contributed by atoms with E-state index in [1.807, 2.05) is 36.2 Å². The molecular weight excluding hydrogens is 461 g/mol. The first-order valence-electron chi connectivity index (χ1n) is 12.3. The lowest BCUT2D eigenvalue weighted by atomic mass is 9.89. The number of ketones is 1. The predicted molar refractivity (Wildman–Crippen MR) is 133 cm³/mol. The van der Waals surface area contributed by atoms with Crippen LogP contribution in [-0.4, -0.2) is 49.8 Å². The molecule has 0 unspecified atom stereocenters. The second kappa shape index (κ2) is 8.61. The maximum atomic E-state index is 14.2. The van der Waals surface area contributed by atoms with Gasteiger partial charge in [-0.05, 0) is 62.4 Å². The molecule has 1 saturated carbocycles. The highest BCUT2D eigenvalue weighted by Gasteiger charge is 2.44. The van der Waals surface area contributed by atoms with Gasteiger partial charge in [0.1, 0.15) is 5.52 Å². The normalized spacial score (nSPS) is 19.7.